The summed E-state index contributed by atoms with van der Waals surface area (Å²) in [6.07, 6.45) is 0.599. The van der Waals surface area contributed by atoms with Crippen LogP contribution in [0.5, 0.6) is 11.5 Å². The van der Waals surface area contributed by atoms with Gasteiger partial charge in [-0.3, -0.25) is 14.9 Å². The average molecular weight is 458 g/mol. The second-order valence-corrected chi connectivity index (χ2v) is 8.93. The number of amides is 1. The van der Waals surface area contributed by atoms with Gasteiger partial charge in [-0.05, 0) is 43.2 Å². The van der Waals surface area contributed by atoms with Gasteiger partial charge >= 0.3 is 0 Å². The molecule has 1 aliphatic heterocycles. The maximum absolute atomic E-state index is 12.5. The van der Waals surface area contributed by atoms with Gasteiger partial charge in [0, 0.05) is 29.2 Å². The highest BCUT2D eigenvalue weighted by molar-refractivity contribution is 8.01. The number of nitro groups is 1. The molecule has 4 rings (SSSR count). The molecular weight excluding hydrogens is 438 g/mol. The zero-order valence-corrected chi connectivity index (χ0v) is 18.3. The zero-order valence-electron chi connectivity index (χ0n) is 16.6. The fraction of sp³-hybridized carbons (Fsp3) is 0.238. The standard InChI is InChI=1S/C21H19N3O5S2/c1-13-12-30-21(23-13)31-19-5-3-15(11-16(19)24(26)27)20(25)22-7-6-14-2-4-17-18(10-14)29-9-8-28-17/h2-5,10-12H,6-9H2,1H3,(H,22,25). The van der Waals surface area contributed by atoms with Crippen LogP contribution in [0.25, 0.3) is 0 Å². The topological polar surface area (TPSA) is 104 Å². The van der Waals surface area contributed by atoms with Crippen LogP contribution in [0.4, 0.5) is 5.69 Å². The van der Waals surface area contributed by atoms with Crippen molar-refractivity contribution in [3.63, 3.8) is 0 Å². The van der Waals surface area contributed by atoms with E-state index in [4.69, 9.17) is 9.47 Å². The first-order valence-corrected chi connectivity index (χ1v) is 11.2. The average Bonchev–Trinajstić information content (AvgIpc) is 3.18. The van der Waals surface area contributed by atoms with E-state index >= 15 is 0 Å². The van der Waals surface area contributed by atoms with Gasteiger partial charge in [0.2, 0.25) is 0 Å². The number of hydrogen-bond donors (Lipinski definition) is 1. The van der Waals surface area contributed by atoms with Crippen molar-refractivity contribution in [3.8, 4) is 11.5 Å². The van der Waals surface area contributed by atoms with E-state index in [-0.39, 0.29) is 17.2 Å². The molecule has 31 heavy (non-hydrogen) atoms. The summed E-state index contributed by atoms with van der Waals surface area (Å²) in [5, 5.41) is 16.2. The van der Waals surface area contributed by atoms with Gasteiger partial charge < -0.3 is 14.8 Å². The predicted molar refractivity (Wildman–Crippen MR) is 118 cm³/mol. The number of benzene rings is 2. The van der Waals surface area contributed by atoms with E-state index < -0.39 is 4.92 Å². The van der Waals surface area contributed by atoms with Crippen LogP contribution in [0.2, 0.25) is 0 Å². The Morgan fingerprint density at radius 2 is 2.03 bits per heavy atom. The number of fused-ring (bicyclic) bond motifs is 1. The minimum Gasteiger partial charge on any atom is -0.486 e. The molecule has 0 saturated carbocycles. The monoisotopic (exact) mass is 457 g/mol. The summed E-state index contributed by atoms with van der Waals surface area (Å²) in [5.74, 6) is 1.06. The number of thiazole rings is 1. The smallest absolute Gasteiger partial charge is 0.284 e. The van der Waals surface area contributed by atoms with E-state index in [1.807, 2.05) is 30.5 Å². The molecule has 0 spiro atoms. The van der Waals surface area contributed by atoms with Crippen molar-refractivity contribution in [2.45, 2.75) is 22.6 Å². The second kappa shape index (κ2) is 9.36. The third-order valence-corrected chi connectivity index (χ3v) is 6.64. The summed E-state index contributed by atoms with van der Waals surface area (Å²) < 4.78 is 11.8. The first-order valence-electron chi connectivity index (χ1n) is 9.55. The Morgan fingerprint density at radius 1 is 1.23 bits per heavy atom. The summed E-state index contributed by atoms with van der Waals surface area (Å²) in [7, 11) is 0. The molecular formula is C21H19N3O5S2. The highest BCUT2D eigenvalue weighted by atomic mass is 32.2. The minimum atomic E-state index is -0.477. The van der Waals surface area contributed by atoms with Crippen LogP contribution in [0, 0.1) is 17.0 Å². The molecule has 0 saturated heterocycles. The number of aryl methyl sites for hydroxylation is 1. The molecule has 1 aliphatic rings. The Morgan fingerprint density at radius 3 is 2.77 bits per heavy atom. The highest BCUT2D eigenvalue weighted by Crippen LogP contribution is 2.37. The maximum atomic E-state index is 12.5. The van der Waals surface area contributed by atoms with Crippen molar-refractivity contribution < 1.29 is 19.2 Å². The van der Waals surface area contributed by atoms with Gasteiger partial charge in [-0.1, -0.05) is 17.8 Å². The predicted octanol–water partition coefficient (Wildman–Crippen LogP) is 4.25. The van der Waals surface area contributed by atoms with Crippen LogP contribution in [-0.4, -0.2) is 35.6 Å². The summed E-state index contributed by atoms with van der Waals surface area (Å²) >= 11 is 2.65. The molecule has 0 atom stereocenters. The molecule has 2 heterocycles. The SMILES string of the molecule is Cc1csc(Sc2ccc(C(=O)NCCc3ccc4c(c3)OCCO4)cc2[N+](=O)[O-])n1. The van der Waals surface area contributed by atoms with Gasteiger partial charge in [0.1, 0.15) is 13.2 Å². The summed E-state index contributed by atoms with van der Waals surface area (Å²) in [6.45, 7) is 3.31. The van der Waals surface area contributed by atoms with Crippen LogP contribution in [0.3, 0.4) is 0 Å². The molecule has 160 valence electrons. The van der Waals surface area contributed by atoms with Crippen LogP contribution in [-0.2, 0) is 6.42 Å². The van der Waals surface area contributed by atoms with Crippen molar-refractivity contribution in [3.05, 3.63) is 68.7 Å². The molecule has 10 heteroatoms. The normalized spacial score (nSPS) is 12.4. The van der Waals surface area contributed by atoms with Crippen molar-refractivity contribution in [1.29, 1.82) is 0 Å². The summed E-state index contributed by atoms with van der Waals surface area (Å²) in [4.78, 5) is 28.3. The number of nitrogens with one attached hydrogen (secondary N) is 1. The largest absolute Gasteiger partial charge is 0.486 e. The Bertz CT molecular complexity index is 1130. The van der Waals surface area contributed by atoms with Crippen molar-refractivity contribution in [2.24, 2.45) is 0 Å². The lowest BCUT2D eigenvalue weighted by molar-refractivity contribution is -0.387. The van der Waals surface area contributed by atoms with Gasteiger partial charge in [0.05, 0.1) is 9.82 Å². The van der Waals surface area contributed by atoms with Crippen LogP contribution in [0.1, 0.15) is 21.6 Å². The Kier molecular flexibility index (Phi) is 6.38. The van der Waals surface area contributed by atoms with Gasteiger partial charge in [0.25, 0.3) is 11.6 Å². The minimum absolute atomic E-state index is 0.114. The second-order valence-electron chi connectivity index (χ2n) is 6.78. The Labute approximate surface area is 186 Å². The van der Waals surface area contributed by atoms with E-state index in [1.54, 1.807) is 12.1 Å². The molecule has 0 unspecified atom stereocenters. The van der Waals surface area contributed by atoms with E-state index in [2.05, 4.69) is 10.3 Å². The quantitative estimate of drug-likeness (QED) is 0.418. The fourth-order valence-corrected chi connectivity index (χ4v) is 4.91. The number of carbonyl (C=O) groups is 1. The van der Waals surface area contributed by atoms with Crippen molar-refractivity contribution in [1.82, 2.24) is 10.3 Å². The molecule has 2 aromatic carbocycles. The fourth-order valence-electron chi connectivity index (χ4n) is 3.03. The Balaban J connectivity index is 1.40. The van der Waals surface area contributed by atoms with Crippen molar-refractivity contribution in [2.75, 3.05) is 19.8 Å². The number of rotatable bonds is 7. The first-order chi connectivity index (χ1) is 15.0. The first kappa shape index (κ1) is 21.1. The van der Waals surface area contributed by atoms with Crippen molar-refractivity contribution >= 4 is 34.7 Å². The number of hydrogen-bond acceptors (Lipinski definition) is 8. The number of nitro benzene ring substituents is 1. The van der Waals surface area contributed by atoms with E-state index in [1.165, 1.54) is 29.2 Å². The third kappa shape index (κ3) is 5.15. The number of ether oxygens (including phenoxy) is 2. The lowest BCUT2D eigenvalue weighted by Crippen LogP contribution is -2.25. The van der Waals surface area contributed by atoms with Gasteiger partial charge in [-0.15, -0.1) is 11.3 Å². The molecule has 0 radical (unpaired) electrons. The molecule has 0 aliphatic carbocycles. The molecule has 1 amide bonds. The lowest BCUT2D eigenvalue weighted by Gasteiger charge is -2.18. The molecule has 3 aromatic rings. The summed E-state index contributed by atoms with van der Waals surface area (Å²) in [6, 6.07) is 10.2. The number of nitrogens with zero attached hydrogens (tertiary/aromatic N) is 2. The molecule has 1 aromatic heterocycles. The number of aromatic nitrogens is 1. The molecule has 0 bridgehead atoms. The third-order valence-electron chi connectivity index (χ3n) is 4.52. The molecule has 8 nitrogen and oxygen atoms in total. The van der Waals surface area contributed by atoms with Crippen LogP contribution in [0.15, 0.2) is 51.0 Å². The lowest BCUT2D eigenvalue weighted by atomic mass is 10.1. The van der Waals surface area contributed by atoms with Crippen LogP contribution >= 0.6 is 23.1 Å². The van der Waals surface area contributed by atoms with E-state index in [0.717, 1.165) is 21.3 Å². The summed E-state index contributed by atoms with van der Waals surface area (Å²) in [5.41, 5.74) is 2.00. The number of carbonyl (C=O) groups excluding carboxylic acids is 1. The molecule has 0 fully saturated rings. The van der Waals surface area contributed by atoms with Gasteiger partial charge in [0.15, 0.2) is 15.8 Å². The zero-order chi connectivity index (χ0) is 21.8. The molecule has 1 N–H and O–H groups in total. The Hall–Kier alpha value is -3.11. The van der Waals surface area contributed by atoms with E-state index in [9.17, 15) is 14.9 Å². The van der Waals surface area contributed by atoms with Gasteiger partial charge in [-0.25, -0.2) is 4.98 Å². The van der Waals surface area contributed by atoms with Crippen LogP contribution < -0.4 is 14.8 Å². The maximum Gasteiger partial charge on any atom is 0.284 e. The highest BCUT2D eigenvalue weighted by Gasteiger charge is 2.19. The van der Waals surface area contributed by atoms with Gasteiger partial charge in [-0.2, -0.15) is 0 Å². The van der Waals surface area contributed by atoms with E-state index in [0.29, 0.717) is 36.8 Å².